The molecule has 0 saturated carbocycles. The van der Waals surface area contributed by atoms with Gasteiger partial charge in [-0.05, 0) is 71.9 Å². The summed E-state index contributed by atoms with van der Waals surface area (Å²) in [4.78, 5) is 66.9. The molecule has 2 aromatic heterocycles. The van der Waals surface area contributed by atoms with Crippen LogP contribution in [0.25, 0.3) is 11.3 Å². The molecule has 3 aliphatic rings. The SMILES string of the molecule is C=CCN[C@H]1C[C@@H](C)O[C@@H](O[C@@H]2[C@H](C)C(=O)[C@](C)(F)C(=O)O[C@H](CC)[C@@]3(C)OC(=O)N(CCCCn4cnc(-c5cccnc5)c4)C3[C@@H](C)C(=O)[C@H](C)C[C@@]2(C)OC)[C@H]1O. The van der Waals surface area contributed by atoms with E-state index in [2.05, 4.69) is 21.9 Å². The van der Waals surface area contributed by atoms with Crippen molar-refractivity contribution in [2.75, 3.05) is 20.2 Å². The summed E-state index contributed by atoms with van der Waals surface area (Å²) in [5, 5.41) is 14.6. The number of pyridine rings is 1. The van der Waals surface area contributed by atoms with Crippen LogP contribution >= 0.6 is 0 Å². The Balaban J connectivity index is 1.45. The first-order chi connectivity index (χ1) is 28.3. The number of Topliss-reactive ketones (excluding diaryl/α,β-unsaturated/α-hetero) is 2. The summed E-state index contributed by atoms with van der Waals surface area (Å²) in [5.74, 6) is -5.85. The van der Waals surface area contributed by atoms with Gasteiger partial charge in [-0.3, -0.25) is 14.6 Å². The minimum atomic E-state index is -3.19. The van der Waals surface area contributed by atoms with E-state index in [1.165, 1.54) is 18.9 Å². The molecule has 3 aliphatic heterocycles. The number of unbranched alkanes of at least 4 members (excludes halogenated alkanes) is 1. The molecule has 0 aromatic carbocycles. The Bertz CT molecular complexity index is 1830. The van der Waals surface area contributed by atoms with E-state index in [1.807, 2.05) is 29.8 Å². The molecule has 1 unspecified atom stereocenters. The third kappa shape index (κ3) is 9.67. The maximum atomic E-state index is 16.9. The highest BCUT2D eigenvalue weighted by molar-refractivity contribution is 6.08. The van der Waals surface area contributed by atoms with Gasteiger partial charge in [0.15, 0.2) is 17.7 Å². The average molecular weight is 842 g/mol. The quantitative estimate of drug-likeness (QED) is 0.116. The van der Waals surface area contributed by atoms with Crippen LogP contribution in [0.3, 0.4) is 0 Å². The van der Waals surface area contributed by atoms with Crippen molar-refractivity contribution in [3.63, 3.8) is 0 Å². The number of esters is 1. The Labute approximate surface area is 352 Å². The number of aryl methyl sites for hydroxylation is 1. The first kappa shape index (κ1) is 47.0. The lowest BCUT2D eigenvalue weighted by molar-refractivity contribution is -0.290. The Morgan fingerprint density at radius 2 is 1.82 bits per heavy atom. The Morgan fingerprint density at radius 1 is 1.10 bits per heavy atom. The molecule has 0 spiro atoms. The number of rotatable bonds is 13. The summed E-state index contributed by atoms with van der Waals surface area (Å²) >= 11 is 0. The van der Waals surface area contributed by atoms with Crippen molar-refractivity contribution < 1.29 is 52.4 Å². The lowest BCUT2D eigenvalue weighted by Gasteiger charge is -2.46. The first-order valence-electron chi connectivity index (χ1n) is 21.1. The van der Waals surface area contributed by atoms with Gasteiger partial charge in [0, 0.05) is 74.7 Å². The number of carbonyl (C=O) groups excluding carboxylic acids is 4. The van der Waals surface area contributed by atoms with Crippen LogP contribution in [0.1, 0.15) is 87.5 Å². The molecule has 5 heterocycles. The summed E-state index contributed by atoms with van der Waals surface area (Å²) in [6, 6.07) is 2.38. The first-order valence-corrected chi connectivity index (χ1v) is 21.1. The van der Waals surface area contributed by atoms with Gasteiger partial charge in [0.1, 0.15) is 18.0 Å². The van der Waals surface area contributed by atoms with Gasteiger partial charge in [0.25, 0.3) is 5.67 Å². The number of hydrogen-bond donors (Lipinski definition) is 2. The summed E-state index contributed by atoms with van der Waals surface area (Å²) in [7, 11) is 1.40. The highest BCUT2D eigenvalue weighted by atomic mass is 19.1. The molecule has 1 amide bonds. The molecule has 3 fully saturated rings. The zero-order valence-electron chi connectivity index (χ0n) is 36.5. The highest BCUT2D eigenvalue weighted by Gasteiger charge is 2.61. The lowest BCUT2D eigenvalue weighted by atomic mass is 9.73. The fraction of sp³-hybridized carbons (Fsp3) is 0.682. The summed E-state index contributed by atoms with van der Waals surface area (Å²) in [6.07, 6.45) is 4.34. The van der Waals surface area contributed by atoms with Crippen molar-refractivity contribution in [3.8, 4) is 11.3 Å². The zero-order valence-corrected chi connectivity index (χ0v) is 36.5. The zero-order chi connectivity index (χ0) is 44.2. The molecular formula is C44H64FN5O10. The molecule has 3 saturated heterocycles. The van der Waals surface area contributed by atoms with Crippen LogP contribution in [-0.4, -0.2) is 128 Å². The van der Waals surface area contributed by atoms with Crippen molar-refractivity contribution in [1.29, 1.82) is 0 Å². The molecule has 332 valence electrons. The molecule has 0 bridgehead atoms. The number of cyclic esters (lactones) is 1. The van der Waals surface area contributed by atoms with E-state index in [0.29, 0.717) is 32.4 Å². The largest absolute Gasteiger partial charge is 0.455 e. The number of alkyl halides is 1. The smallest absolute Gasteiger partial charge is 0.410 e. The minimum Gasteiger partial charge on any atom is -0.455 e. The lowest BCUT2D eigenvalue weighted by Crippen LogP contribution is -2.62. The third-order valence-electron chi connectivity index (χ3n) is 12.7. The predicted octanol–water partition coefficient (Wildman–Crippen LogP) is 5.24. The number of nitrogens with one attached hydrogen (secondary N) is 1. The maximum Gasteiger partial charge on any atom is 0.410 e. The van der Waals surface area contributed by atoms with Crippen LogP contribution < -0.4 is 5.32 Å². The molecule has 0 aliphatic carbocycles. The molecule has 60 heavy (non-hydrogen) atoms. The van der Waals surface area contributed by atoms with Crippen molar-refractivity contribution in [2.24, 2.45) is 17.8 Å². The van der Waals surface area contributed by atoms with Gasteiger partial charge < -0.3 is 43.6 Å². The summed E-state index contributed by atoms with van der Waals surface area (Å²) in [5.41, 5.74) is -4.58. The van der Waals surface area contributed by atoms with Crippen molar-refractivity contribution in [2.45, 2.75) is 154 Å². The van der Waals surface area contributed by atoms with E-state index in [1.54, 1.807) is 59.4 Å². The van der Waals surface area contributed by atoms with E-state index in [9.17, 15) is 24.3 Å². The molecule has 5 rings (SSSR count). The van der Waals surface area contributed by atoms with Gasteiger partial charge in [0.2, 0.25) is 0 Å². The third-order valence-corrected chi connectivity index (χ3v) is 12.7. The fourth-order valence-corrected chi connectivity index (χ4v) is 9.38. The summed E-state index contributed by atoms with van der Waals surface area (Å²) < 4.78 is 49.4. The number of aliphatic hydroxyl groups excluding tert-OH is 1. The minimum absolute atomic E-state index is 0.0136. The van der Waals surface area contributed by atoms with Crippen LogP contribution in [-0.2, 0) is 44.6 Å². The predicted molar refractivity (Wildman–Crippen MR) is 219 cm³/mol. The number of imidazole rings is 1. The number of nitrogens with zero attached hydrogens (tertiary/aromatic N) is 4. The number of aromatic nitrogens is 3. The van der Waals surface area contributed by atoms with E-state index in [0.717, 1.165) is 18.2 Å². The van der Waals surface area contributed by atoms with Crippen LogP contribution in [0.5, 0.6) is 0 Å². The normalized spacial score (nSPS) is 37.0. The van der Waals surface area contributed by atoms with Crippen molar-refractivity contribution in [1.82, 2.24) is 24.8 Å². The maximum absolute atomic E-state index is 16.9. The Kier molecular flexibility index (Phi) is 15.1. The van der Waals surface area contributed by atoms with E-state index >= 15 is 4.39 Å². The van der Waals surface area contributed by atoms with Crippen LogP contribution in [0.15, 0.2) is 49.7 Å². The van der Waals surface area contributed by atoms with Gasteiger partial charge in [-0.15, -0.1) is 6.58 Å². The number of amides is 1. The number of ether oxygens (including phenoxy) is 5. The van der Waals surface area contributed by atoms with E-state index in [-0.39, 0.29) is 31.3 Å². The van der Waals surface area contributed by atoms with Crippen LogP contribution in [0, 0.1) is 17.8 Å². The van der Waals surface area contributed by atoms with Gasteiger partial charge in [0.05, 0.1) is 35.9 Å². The number of halogens is 1. The molecule has 15 nitrogen and oxygen atoms in total. The molecule has 0 radical (unpaired) electrons. The van der Waals surface area contributed by atoms with Gasteiger partial charge in [-0.2, -0.15) is 0 Å². The molecule has 2 N–H and O–H groups in total. The number of methoxy groups -OCH3 is 1. The van der Waals surface area contributed by atoms with Gasteiger partial charge in [-0.1, -0.05) is 33.8 Å². The summed E-state index contributed by atoms with van der Waals surface area (Å²) in [6.45, 7) is 17.4. The number of fused-ring (bicyclic) bond motifs is 1. The number of aliphatic hydroxyl groups is 1. The van der Waals surface area contributed by atoms with Crippen LogP contribution in [0.4, 0.5) is 9.18 Å². The number of ketones is 2. The highest BCUT2D eigenvalue weighted by Crippen LogP contribution is 2.43. The van der Waals surface area contributed by atoms with Crippen molar-refractivity contribution >= 4 is 23.6 Å². The average Bonchev–Trinajstić information content (AvgIpc) is 3.80. The second-order valence-corrected chi connectivity index (χ2v) is 17.3. The number of carbonyl (C=O) groups is 4. The fourth-order valence-electron chi connectivity index (χ4n) is 9.38. The second kappa shape index (κ2) is 19.3. The molecule has 2 aromatic rings. The van der Waals surface area contributed by atoms with Gasteiger partial charge in [-0.25, -0.2) is 19.0 Å². The Hall–Kier alpha value is -4.09. The monoisotopic (exact) mass is 841 g/mol. The van der Waals surface area contributed by atoms with Gasteiger partial charge >= 0.3 is 12.1 Å². The standard InChI is InChI=1S/C44H64FN5O10/c1-11-17-47-31-21-27(4)57-39(35(31)52)59-38-29(6)37(53)43(8,45)40(54)58-33(12-2)44(9)36(28(5)34(51)26(3)22-42(38,7)56-10)50(41(55)60-44)20-14-13-19-49-24-32(48-25-49)30-16-15-18-46-23-30/h11,15-16,18,23-29,31,33,35-36,38-39,47,52H,1,12-14,17,19-22H2,2-10H3/t26-,27-,28+,29-,31+,33-,35+,36?,38-,39+,42-,43+,44-/m1/s1. The van der Waals surface area contributed by atoms with Crippen LogP contribution in [0.2, 0.25) is 0 Å². The number of hydrogen-bond acceptors (Lipinski definition) is 13. The second-order valence-electron chi connectivity index (χ2n) is 17.3. The van der Waals surface area contributed by atoms with Crippen molar-refractivity contribution in [3.05, 3.63) is 49.7 Å². The van der Waals surface area contributed by atoms with E-state index < -0.39 is 89.2 Å². The topological polar surface area (TPSA) is 181 Å². The molecule has 16 heteroatoms. The molecule has 13 atom stereocenters. The molecular weight excluding hydrogens is 778 g/mol. The van der Waals surface area contributed by atoms with E-state index in [4.69, 9.17) is 23.7 Å². The Morgan fingerprint density at radius 3 is 2.47 bits per heavy atom.